The zero-order valence-corrected chi connectivity index (χ0v) is 13.6. The van der Waals surface area contributed by atoms with Crippen molar-refractivity contribution in [3.05, 3.63) is 71.5 Å². The Morgan fingerprint density at radius 2 is 1.80 bits per heavy atom. The lowest BCUT2D eigenvalue weighted by atomic mass is 9.94. The van der Waals surface area contributed by atoms with Gasteiger partial charge in [-0.2, -0.15) is 0 Å². The SMILES string of the molecule is O=C1[C@@H]2C[C@]2(c2ccccc2)C(=O)N1CC(O)Cc1ccc(F)cc1. The Kier molecular flexibility index (Phi) is 3.69. The smallest absolute Gasteiger partial charge is 0.240 e. The Balaban J connectivity index is 1.48. The number of piperidine rings is 1. The summed E-state index contributed by atoms with van der Waals surface area (Å²) in [5, 5.41) is 10.3. The number of imide groups is 1. The number of benzene rings is 2. The normalized spacial score (nSPS) is 25.8. The first-order valence-electron chi connectivity index (χ1n) is 8.36. The number of β-amino-alcohol motifs (C(OH)–C–C–N with tert-alkyl or cyclic N) is 1. The molecule has 1 aliphatic carbocycles. The molecule has 2 aromatic rings. The maximum Gasteiger partial charge on any atom is 0.240 e. The van der Waals surface area contributed by atoms with E-state index in [0.29, 0.717) is 6.42 Å². The zero-order chi connectivity index (χ0) is 17.6. The number of likely N-dealkylation sites (tertiary alicyclic amines) is 1. The number of nitrogens with zero attached hydrogens (tertiary/aromatic N) is 1. The summed E-state index contributed by atoms with van der Waals surface area (Å²) in [6, 6.07) is 15.2. The van der Waals surface area contributed by atoms with Gasteiger partial charge < -0.3 is 5.11 Å². The fourth-order valence-electron chi connectivity index (χ4n) is 3.85. The van der Waals surface area contributed by atoms with Gasteiger partial charge in [0.2, 0.25) is 11.8 Å². The molecule has 2 aliphatic rings. The Labute approximate surface area is 144 Å². The van der Waals surface area contributed by atoms with Crippen molar-refractivity contribution in [3.8, 4) is 0 Å². The van der Waals surface area contributed by atoms with Gasteiger partial charge in [0.05, 0.1) is 24.0 Å². The van der Waals surface area contributed by atoms with E-state index in [1.807, 2.05) is 30.3 Å². The maximum absolute atomic E-state index is 12.9. The summed E-state index contributed by atoms with van der Waals surface area (Å²) in [5.41, 5.74) is 0.901. The van der Waals surface area contributed by atoms with E-state index in [-0.39, 0.29) is 36.5 Å². The van der Waals surface area contributed by atoms with E-state index >= 15 is 0 Å². The lowest BCUT2D eigenvalue weighted by molar-refractivity contribution is -0.143. The summed E-state index contributed by atoms with van der Waals surface area (Å²) < 4.78 is 12.9. The molecule has 0 spiro atoms. The van der Waals surface area contributed by atoms with Crippen LogP contribution in [0, 0.1) is 11.7 Å². The molecule has 2 amide bonds. The minimum absolute atomic E-state index is 0.0277. The molecule has 25 heavy (non-hydrogen) atoms. The van der Waals surface area contributed by atoms with Crippen molar-refractivity contribution in [1.29, 1.82) is 0 Å². The van der Waals surface area contributed by atoms with Crippen molar-refractivity contribution in [2.24, 2.45) is 5.92 Å². The molecule has 1 saturated carbocycles. The van der Waals surface area contributed by atoms with Crippen molar-refractivity contribution in [1.82, 2.24) is 4.90 Å². The van der Waals surface area contributed by atoms with Gasteiger partial charge in [-0.25, -0.2) is 4.39 Å². The number of halogens is 1. The van der Waals surface area contributed by atoms with E-state index in [1.54, 1.807) is 12.1 Å². The summed E-state index contributed by atoms with van der Waals surface area (Å²) in [7, 11) is 0. The molecule has 128 valence electrons. The van der Waals surface area contributed by atoms with Gasteiger partial charge >= 0.3 is 0 Å². The molecule has 1 heterocycles. The molecular formula is C20H18FNO3. The molecule has 5 heteroatoms. The van der Waals surface area contributed by atoms with Gasteiger partial charge in [-0.1, -0.05) is 42.5 Å². The van der Waals surface area contributed by atoms with Crippen LogP contribution in [0.15, 0.2) is 54.6 Å². The predicted molar refractivity (Wildman–Crippen MR) is 89.1 cm³/mol. The number of aliphatic hydroxyl groups excluding tert-OH is 1. The zero-order valence-electron chi connectivity index (χ0n) is 13.6. The largest absolute Gasteiger partial charge is 0.391 e. The van der Waals surface area contributed by atoms with Crippen molar-refractivity contribution in [2.75, 3.05) is 6.54 Å². The minimum Gasteiger partial charge on any atom is -0.391 e. The van der Waals surface area contributed by atoms with Crippen LogP contribution >= 0.6 is 0 Å². The molecular weight excluding hydrogens is 321 g/mol. The van der Waals surface area contributed by atoms with E-state index in [2.05, 4.69) is 0 Å². The highest BCUT2D eigenvalue weighted by atomic mass is 19.1. The van der Waals surface area contributed by atoms with E-state index in [1.165, 1.54) is 17.0 Å². The van der Waals surface area contributed by atoms with E-state index < -0.39 is 11.5 Å². The molecule has 1 aliphatic heterocycles. The van der Waals surface area contributed by atoms with Crippen molar-refractivity contribution >= 4 is 11.8 Å². The molecule has 3 atom stereocenters. The quantitative estimate of drug-likeness (QED) is 0.849. The third kappa shape index (κ3) is 2.55. The van der Waals surface area contributed by atoms with E-state index in [9.17, 15) is 19.1 Å². The second-order valence-corrected chi connectivity index (χ2v) is 6.83. The number of amides is 2. The number of hydrogen-bond donors (Lipinski definition) is 1. The maximum atomic E-state index is 12.9. The van der Waals surface area contributed by atoms with Crippen LogP contribution in [0.25, 0.3) is 0 Å². The highest BCUT2D eigenvalue weighted by molar-refractivity contribution is 6.15. The predicted octanol–water partition coefficient (Wildman–Crippen LogP) is 2.06. The van der Waals surface area contributed by atoms with Gasteiger partial charge in [-0.05, 0) is 29.7 Å². The molecule has 1 saturated heterocycles. The monoisotopic (exact) mass is 339 g/mol. The number of carbonyl (C=O) groups excluding carboxylic acids is 2. The fraction of sp³-hybridized carbons (Fsp3) is 0.300. The third-order valence-corrected chi connectivity index (χ3v) is 5.22. The van der Waals surface area contributed by atoms with Crippen LogP contribution in [-0.2, 0) is 21.4 Å². The van der Waals surface area contributed by atoms with Crippen molar-refractivity contribution < 1.29 is 19.1 Å². The topological polar surface area (TPSA) is 57.6 Å². The summed E-state index contributed by atoms with van der Waals surface area (Å²) >= 11 is 0. The number of carbonyl (C=O) groups is 2. The number of hydrogen-bond acceptors (Lipinski definition) is 3. The molecule has 1 N–H and O–H groups in total. The van der Waals surface area contributed by atoms with Gasteiger partial charge in [0, 0.05) is 6.42 Å². The summed E-state index contributed by atoms with van der Waals surface area (Å²) in [4.78, 5) is 26.6. The second kappa shape index (κ2) is 5.77. The van der Waals surface area contributed by atoms with Gasteiger partial charge in [0.1, 0.15) is 5.82 Å². The Bertz CT molecular complexity index is 821. The number of fused-ring (bicyclic) bond motifs is 1. The van der Waals surface area contributed by atoms with E-state index in [0.717, 1.165) is 11.1 Å². The summed E-state index contributed by atoms with van der Waals surface area (Å²) in [6.07, 6.45) is -0.0526. The summed E-state index contributed by atoms with van der Waals surface area (Å²) in [6.45, 7) is -0.0277. The Morgan fingerprint density at radius 3 is 2.48 bits per heavy atom. The number of aliphatic hydroxyl groups is 1. The van der Waals surface area contributed by atoms with Crippen LogP contribution in [0.1, 0.15) is 17.5 Å². The lowest BCUT2D eigenvalue weighted by Gasteiger charge is -2.22. The van der Waals surface area contributed by atoms with Crippen LogP contribution < -0.4 is 0 Å². The molecule has 0 aromatic heterocycles. The highest BCUT2D eigenvalue weighted by Gasteiger charge is 2.72. The van der Waals surface area contributed by atoms with Gasteiger partial charge in [-0.15, -0.1) is 0 Å². The fourth-order valence-corrected chi connectivity index (χ4v) is 3.85. The highest BCUT2D eigenvalue weighted by Crippen LogP contribution is 2.60. The first-order valence-corrected chi connectivity index (χ1v) is 8.36. The van der Waals surface area contributed by atoms with Crippen molar-refractivity contribution in [3.63, 3.8) is 0 Å². The standard InChI is InChI=1S/C20H18FNO3/c21-15-8-6-13(7-9-15)10-16(23)12-22-18(24)17-11-20(17,19(22)25)14-4-2-1-3-5-14/h1-9,16-17,23H,10-12H2/t16?,17-,20+/m0/s1. The first kappa shape index (κ1) is 16.0. The molecule has 1 unspecified atom stereocenters. The molecule has 0 bridgehead atoms. The Morgan fingerprint density at radius 1 is 1.12 bits per heavy atom. The molecule has 2 aromatic carbocycles. The van der Waals surface area contributed by atoms with Crippen LogP contribution in [0.3, 0.4) is 0 Å². The molecule has 2 fully saturated rings. The Hall–Kier alpha value is -2.53. The summed E-state index contributed by atoms with van der Waals surface area (Å²) in [5.74, 6) is -1.06. The molecule has 4 nitrogen and oxygen atoms in total. The minimum atomic E-state index is -0.872. The van der Waals surface area contributed by atoms with Gasteiger partial charge in [0.25, 0.3) is 0 Å². The third-order valence-electron chi connectivity index (χ3n) is 5.22. The van der Waals surface area contributed by atoms with Crippen molar-refractivity contribution in [2.45, 2.75) is 24.4 Å². The van der Waals surface area contributed by atoms with Gasteiger partial charge in [-0.3, -0.25) is 14.5 Å². The average Bonchev–Trinajstić information content (AvgIpc) is 3.34. The average molecular weight is 339 g/mol. The first-order chi connectivity index (χ1) is 12.0. The molecule has 4 rings (SSSR count). The second-order valence-electron chi connectivity index (χ2n) is 6.83. The van der Waals surface area contributed by atoms with Crippen LogP contribution in [0.4, 0.5) is 4.39 Å². The number of rotatable bonds is 5. The van der Waals surface area contributed by atoms with Crippen LogP contribution in [-0.4, -0.2) is 34.5 Å². The molecule has 0 radical (unpaired) electrons. The van der Waals surface area contributed by atoms with Crippen LogP contribution in [0.5, 0.6) is 0 Å². The van der Waals surface area contributed by atoms with E-state index in [4.69, 9.17) is 0 Å². The lowest BCUT2D eigenvalue weighted by Crippen LogP contribution is -2.41. The van der Waals surface area contributed by atoms with Gasteiger partial charge in [0.15, 0.2) is 0 Å². The van der Waals surface area contributed by atoms with Crippen LogP contribution in [0.2, 0.25) is 0 Å².